The van der Waals surface area contributed by atoms with E-state index in [0.29, 0.717) is 0 Å². The van der Waals surface area contributed by atoms with Gasteiger partial charge in [-0.25, -0.2) is 4.79 Å². The third-order valence-corrected chi connectivity index (χ3v) is 1.66. The van der Waals surface area contributed by atoms with Crippen LogP contribution in [0.2, 0.25) is 0 Å². The van der Waals surface area contributed by atoms with Crippen LogP contribution in [0, 0.1) is 13.8 Å². The summed E-state index contributed by atoms with van der Waals surface area (Å²) in [4.78, 5) is 10.3. The molecule has 0 aliphatic rings. The number of benzene rings is 1. The molecule has 0 aliphatic carbocycles. The lowest BCUT2D eigenvalue weighted by Crippen LogP contribution is -1.86. The summed E-state index contributed by atoms with van der Waals surface area (Å²) in [6.45, 7) is 3.98. The minimum atomic E-state index is -0.917. The molecular formula is C11H12O2. The molecule has 1 rings (SSSR count). The molecule has 0 fully saturated rings. The van der Waals surface area contributed by atoms with Crippen molar-refractivity contribution in [1.82, 2.24) is 0 Å². The number of rotatable bonds is 2. The van der Waals surface area contributed by atoms with Gasteiger partial charge in [0.05, 0.1) is 0 Å². The van der Waals surface area contributed by atoms with E-state index in [0.717, 1.165) is 22.8 Å². The van der Waals surface area contributed by atoms with Crippen LogP contribution in [0.15, 0.2) is 24.3 Å². The van der Waals surface area contributed by atoms with Crippen molar-refractivity contribution in [3.05, 3.63) is 41.0 Å². The Morgan fingerprint density at radius 2 is 1.77 bits per heavy atom. The normalized spacial score (nSPS) is 10.6. The van der Waals surface area contributed by atoms with Gasteiger partial charge in [-0.05, 0) is 25.5 Å². The number of carboxylic acids is 1. The number of aliphatic carboxylic acids is 1. The number of hydrogen-bond acceptors (Lipinski definition) is 1. The molecular weight excluding hydrogens is 164 g/mol. The maximum atomic E-state index is 10.3. The van der Waals surface area contributed by atoms with Gasteiger partial charge in [-0.2, -0.15) is 0 Å². The van der Waals surface area contributed by atoms with Crippen LogP contribution in [0.5, 0.6) is 0 Å². The Labute approximate surface area is 77.5 Å². The Morgan fingerprint density at radius 3 is 2.23 bits per heavy atom. The maximum Gasteiger partial charge on any atom is 0.328 e. The molecule has 68 valence electrons. The molecule has 1 N–H and O–H groups in total. The highest BCUT2D eigenvalue weighted by atomic mass is 16.4. The summed E-state index contributed by atoms with van der Waals surface area (Å²) in [6.07, 6.45) is 2.75. The number of hydrogen-bond donors (Lipinski definition) is 1. The van der Waals surface area contributed by atoms with Crippen LogP contribution in [0.1, 0.15) is 16.7 Å². The SMILES string of the molecule is Cc1cc(C)cc(/C=C/C(=O)O)c1. The lowest BCUT2D eigenvalue weighted by atomic mass is 10.1. The van der Waals surface area contributed by atoms with E-state index in [1.807, 2.05) is 26.0 Å². The zero-order chi connectivity index (χ0) is 9.84. The number of aryl methyl sites for hydroxylation is 2. The molecule has 2 heteroatoms. The quantitative estimate of drug-likeness (QED) is 0.702. The van der Waals surface area contributed by atoms with Crippen molar-refractivity contribution < 1.29 is 9.90 Å². The molecule has 13 heavy (non-hydrogen) atoms. The molecule has 0 bridgehead atoms. The lowest BCUT2D eigenvalue weighted by Gasteiger charge is -1.98. The fourth-order valence-electron chi connectivity index (χ4n) is 1.27. The molecule has 2 nitrogen and oxygen atoms in total. The standard InChI is InChI=1S/C11H12O2/c1-8-5-9(2)7-10(6-8)3-4-11(12)13/h3-7H,1-2H3,(H,12,13)/b4-3+. The van der Waals surface area contributed by atoms with E-state index in [1.54, 1.807) is 6.08 Å². The lowest BCUT2D eigenvalue weighted by molar-refractivity contribution is -0.131. The van der Waals surface area contributed by atoms with Crippen molar-refractivity contribution in [2.24, 2.45) is 0 Å². The van der Waals surface area contributed by atoms with Gasteiger partial charge in [0.25, 0.3) is 0 Å². The van der Waals surface area contributed by atoms with Crippen molar-refractivity contribution in [1.29, 1.82) is 0 Å². The van der Waals surface area contributed by atoms with Crippen molar-refractivity contribution in [2.45, 2.75) is 13.8 Å². The van der Waals surface area contributed by atoms with Gasteiger partial charge in [0.2, 0.25) is 0 Å². The van der Waals surface area contributed by atoms with E-state index < -0.39 is 5.97 Å². The fourth-order valence-corrected chi connectivity index (χ4v) is 1.27. The average Bonchev–Trinajstić information content (AvgIpc) is 1.99. The van der Waals surface area contributed by atoms with E-state index in [1.165, 1.54) is 0 Å². The Morgan fingerprint density at radius 1 is 1.23 bits per heavy atom. The second-order valence-electron chi connectivity index (χ2n) is 3.09. The summed E-state index contributed by atoms with van der Waals surface area (Å²) < 4.78 is 0. The van der Waals surface area contributed by atoms with Gasteiger partial charge in [-0.15, -0.1) is 0 Å². The summed E-state index contributed by atoms with van der Waals surface area (Å²) in [7, 11) is 0. The van der Waals surface area contributed by atoms with Crippen LogP contribution < -0.4 is 0 Å². The Balaban J connectivity index is 2.95. The highest BCUT2D eigenvalue weighted by Gasteiger charge is 1.92. The van der Waals surface area contributed by atoms with E-state index in [4.69, 9.17) is 5.11 Å². The number of carbonyl (C=O) groups is 1. The van der Waals surface area contributed by atoms with Crippen LogP contribution in [-0.2, 0) is 4.79 Å². The minimum absolute atomic E-state index is 0.917. The summed E-state index contributed by atoms with van der Waals surface area (Å²) in [5, 5.41) is 8.43. The van der Waals surface area contributed by atoms with Gasteiger partial charge in [-0.1, -0.05) is 29.3 Å². The molecule has 0 atom stereocenters. The molecule has 0 amide bonds. The van der Waals surface area contributed by atoms with Crippen LogP contribution in [0.25, 0.3) is 6.08 Å². The van der Waals surface area contributed by atoms with Crippen LogP contribution in [-0.4, -0.2) is 11.1 Å². The highest BCUT2D eigenvalue weighted by Crippen LogP contribution is 2.09. The van der Waals surface area contributed by atoms with Gasteiger partial charge in [0.15, 0.2) is 0 Å². The first-order valence-corrected chi connectivity index (χ1v) is 4.07. The monoisotopic (exact) mass is 176 g/mol. The van der Waals surface area contributed by atoms with Crippen molar-refractivity contribution in [3.63, 3.8) is 0 Å². The minimum Gasteiger partial charge on any atom is -0.478 e. The molecule has 0 unspecified atom stereocenters. The Bertz CT molecular complexity index is 331. The Kier molecular flexibility index (Phi) is 2.85. The van der Waals surface area contributed by atoms with E-state index >= 15 is 0 Å². The van der Waals surface area contributed by atoms with Crippen molar-refractivity contribution in [2.75, 3.05) is 0 Å². The van der Waals surface area contributed by atoms with Gasteiger partial charge < -0.3 is 5.11 Å². The summed E-state index contributed by atoms with van der Waals surface area (Å²) in [5.74, 6) is -0.917. The second-order valence-corrected chi connectivity index (χ2v) is 3.09. The zero-order valence-corrected chi connectivity index (χ0v) is 7.74. The molecule has 0 aromatic heterocycles. The van der Waals surface area contributed by atoms with Crippen LogP contribution in [0.4, 0.5) is 0 Å². The topological polar surface area (TPSA) is 37.3 Å². The molecule has 1 aromatic carbocycles. The first-order chi connectivity index (χ1) is 6.08. The largest absolute Gasteiger partial charge is 0.478 e. The predicted molar refractivity (Wildman–Crippen MR) is 52.6 cm³/mol. The molecule has 0 radical (unpaired) electrons. The molecule has 1 aromatic rings. The summed E-state index contributed by atoms with van der Waals surface area (Å²) in [6, 6.07) is 5.96. The third kappa shape index (κ3) is 3.11. The van der Waals surface area contributed by atoms with Crippen molar-refractivity contribution in [3.8, 4) is 0 Å². The summed E-state index contributed by atoms with van der Waals surface area (Å²) >= 11 is 0. The molecule has 0 saturated carbocycles. The highest BCUT2D eigenvalue weighted by molar-refractivity contribution is 5.85. The van der Waals surface area contributed by atoms with E-state index in [9.17, 15) is 4.79 Å². The second kappa shape index (κ2) is 3.90. The first-order valence-electron chi connectivity index (χ1n) is 4.07. The van der Waals surface area contributed by atoms with Crippen LogP contribution in [0.3, 0.4) is 0 Å². The van der Waals surface area contributed by atoms with E-state index in [-0.39, 0.29) is 0 Å². The summed E-state index contributed by atoms with van der Waals surface area (Å²) in [5.41, 5.74) is 3.22. The van der Waals surface area contributed by atoms with Gasteiger partial charge in [0, 0.05) is 6.08 Å². The first kappa shape index (κ1) is 9.52. The van der Waals surface area contributed by atoms with Crippen LogP contribution >= 0.6 is 0 Å². The number of carboxylic acid groups (broad SMARTS) is 1. The van der Waals surface area contributed by atoms with Gasteiger partial charge in [0.1, 0.15) is 0 Å². The average molecular weight is 176 g/mol. The molecule has 0 heterocycles. The smallest absolute Gasteiger partial charge is 0.328 e. The Hall–Kier alpha value is -1.57. The maximum absolute atomic E-state index is 10.3. The molecule has 0 spiro atoms. The zero-order valence-electron chi connectivity index (χ0n) is 7.74. The third-order valence-electron chi connectivity index (χ3n) is 1.66. The van der Waals surface area contributed by atoms with Gasteiger partial charge >= 0.3 is 5.97 Å². The fraction of sp³-hybridized carbons (Fsp3) is 0.182. The molecule has 0 saturated heterocycles. The van der Waals surface area contributed by atoms with Crippen molar-refractivity contribution >= 4 is 12.0 Å². The predicted octanol–water partition coefficient (Wildman–Crippen LogP) is 2.40. The van der Waals surface area contributed by atoms with E-state index in [2.05, 4.69) is 6.07 Å². The van der Waals surface area contributed by atoms with Gasteiger partial charge in [-0.3, -0.25) is 0 Å². The molecule has 0 aliphatic heterocycles.